The Hall–Kier alpha value is -1.32. The zero-order valence-electron chi connectivity index (χ0n) is 14.9. The van der Waals surface area contributed by atoms with Crippen LogP contribution in [0.1, 0.15) is 73.6 Å². The molecule has 0 amide bonds. The van der Waals surface area contributed by atoms with Crippen molar-refractivity contribution < 1.29 is 19.8 Å². The van der Waals surface area contributed by atoms with E-state index in [0.29, 0.717) is 12.0 Å². The van der Waals surface area contributed by atoms with Gasteiger partial charge >= 0.3 is 11.9 Å². The third-order valence-electron chi connectivity index (χ3n) is 4.44. The summed E-state index contributed by atoms with van der Waals surface area (Å²) < 4.78 is 0. The second-order valence-electron chi connectivity index (χ2n) is 6.87. The molecule has 0 heterocycles. The molecule has 0 rings (SSSR count). The summed E-state index contributed by atoms with van der Waals surface area (Å²) in [6.45, 7) is 12.3. The van der Waals surface area contributed by atoms with Crippen molar-refractivity contribution in [2.75, 3.05) is 0 Å². The van der Waals surface area contributed by atoms with E-state index < -0.39 is 17.5 Å². The molecule has 0 spiro atoms. The van der Waals surface area contributed by atoms with Crippen LogP contribution >= 0.6 is 0 Å². The van der Waals surface area contributed by atoms with Crippen molar-refractivity contribution in [2.45, 2.75) is 73.6 Å². The molecule has 128 valence electrons. The summed E-state index contributed by atoms with van der Waals surface area (Å²) in [4.78, 5) is 23.2. The van der Waals surface area contributed by atoms with E-state index in [0.717, 1.165) is 25.7 Å². The summed E-state index contributed by atoms with van der Waals surface area (Å²) in [6.07, 6.45) is 3.99. The number of carboxylic acid groups (broad SMARTS) is 2. The van der Waals surface area contributed by atoms with E-state index in [2.05, 4.69) is 27.7 Å². The lowest BCUT2D eigenvalue weighted by molar-refractivity contribution is -0.140. The Bertz CT molecular complexity index is 397. The lowest BCUT2D eigenvalue weighted by Gasteiger charge is -2.41. The zero-order chi connectivity index (χ0) is 17.5. The van der Waals surface area contributed by atoms with E-state index >= 15 is 0 Å². The minimum absolute atomic E-state index is 0.204. The lowest BCUT2D eigenvalue weighted by atomic mass is 9.62. The predicted octanol–water partition coefficient (Wildman–Crippen LogP) is 4.74. The van der Waals surface area contributed by atoms with Gasteiger partial charge in [-0.15, -0.1) is 0 Å². The minimum atomic E-state index is -1.32. The van der Waals surface area contributed by atoms with Crippen LogP contribution < -0.4 is 0 Å². The maximum Gasteiger partial charge on any atom is 0.343 e. The first-order chi connectivity index (χ1) is 10.1. The first-order valence-corrected chi connectivity index (χ1v) is 8.34. The fraction of sp³-hybridized carbons (Fsp3) is 0.778. The molecule has 0 aliphatic rings. The molecule has 0 aliphatic carbocycles. The van der Waals surface area contributed by atoms with E-state index in [1.807, 2.05) is 13.8 Å². The fourth-order valence-electron chi connectivity index (χ4n) is 3.56. The standard InChI is InChI=1S/C18H32O4/c1-7-9-18(10-8-2,13(5)6)14(11-12(3)4)15(16(19)20)17(21)22/h12-13H,7-11H2,1-6H3,(H,19,20)(H,21,22). The Kier molecular flexibility index (Phi) is 8.43. The molecule has 4 nitrogen and oxygen atoms in total. The summed E-state index contributed by atoms with van der Waals surface area (Å²) in [6, 6.07) is 0. The molecule has 4 heteroatoms. The van der Waals surface area contributed by atoms with Crippen LogP contribution in [0.25, 0.3) is 0 Å². The van der Waals surface area contributed by atoms with Crippen molar-refractivity contribution >= 4 is 11.9 Å². The van der Waals surface area contributed by atoms with Crippen LogP contribution in [0, 0.1) is 17.3 Å². The van der Waals surface area contributed by atoms with Crippen LogP contribution in [-0.2, 0) is 9.59 Å². The Morgan fingerprint density at radius 1 is 0.909 bits per heavy atom. The van der Waals surface area contributed by atoms with Gasteiger partial charge in [-0.1, -0.05) is 54.4 Å². The van der Waals surface area contributed by atoms with Gasteiger partial charge in [-0.2, -0.15) is 0 Å². The number of carboxylic acids is 2. The highest BCUT2D eigenvalue weighted by molar-refractivity contribution is 6.13. The quantitative estimate of drug-likeness (QED) is 0.347. The Labute approximate surface area is 134 Å². The van der Waals surface area contributed by atoms with E-state index in [9.17, 15) is 19.8 Å². The first-order valence-electron chi connectivity index (χ1n) is 8.34. The van der Waals surface area contributed by atoms with Crippen LogP contribution in [0.3, 0.4) is 0 Å². The summed E-state index contributed by atoms with van der Waals surface area (Å²) in [5.41, 5.74) is -0.134. The summed E-state index contributed by atoms with van der Waals surface area (Å²) in [5, 5.41) is 18.9. The van der Waals surface area contributed by atoms with Crippen molar-refractivity contribution in [1.29, 1.82) is 0 Å². The second-order valence-corrected chi connectivity index (χ2v) is 6.87. The van der Waals surface area contributed by atoms with E-state index in [4.69, 9.17) is 0 Å². The average molecular weight is 312 g/mol. The minimum Gasteiger partial charge on any atom is -0.477 e. The van der Waals surface area contributed by atoms with Crippen molar-refractivity contribution in [1.82, 2.24) is 0 Å². The average Bonchev–Trinajstić information content (AvgIpc) is 2.35. The third-order valence-corrected chi connectivity index (χ3v) is 4.44. The monoisotopic (exact) mass is 312 g/mol. The van der Waals surface area contributed by atoms with Crippen LogP contribution in [-0.4, -0.2) is 22.2 Å². The maximum absolute atomic E-state index is 11.6. The van der Waals surface area contributed by atoms with Gasteiger partial charge in [-0.3, -0.25) is 0 Å². The molecule has 0 radical (unpaired) electrons. The molecule has 0 saturated carbocycles. The maximum atomic E-state index is 11.6. The Morgan fingerprint density at radius 3 is 1.55 bits per heavy atom. The van der Waals surface area contributed by atoms with Gasteiger partial charge in [0.2, 0.25) is 0 Å². The molecule has 0 fully saturated rings. The molecule has 0 aromatic carbocycles. The number of aliphatic carboxylic acids is 2. The van der Waals surface area contributed by atoms with Crippen molar-refractivity contribution in [2.24, 2.45) is 17.3 Å². The number of carbonyl (C=O) groups is 2. The summed E-state index contributed by atoms with van der Waals surface area (Å²) >= 11 is 0. The van der Waals surface area contributed by atoms with E-state index in [-0.39, 0.29) is 17.3 Å². The molecule has 0 bridgehead atoms. The SMILES string of the molecule is CCCC(CCC)(C(CC(C)C)=C(C(=O)O)C(=O)O)C(C)C. The highest BCUT2D eigenvalue weighted by Gasteiger charge is 2.40. The Morgan fingerprint density at radius 2 is 1.32 bits per heavy atom. The fourth-order valence-corrected chi connectivity index (χ4v) is 3.56. The number of rotatable bonds is 10. The van der Waals surface area contributed by atoms with E-state index in [1.54, 1.807) is 0 Å². The Balaban J connectivity index is 6.46. The molecular weight excluding hydrogens is 280 g/mol. The van der Waals surface area contributed by atoms with Crippen LogP contribution in [0.2, 0.25) is 0 Å². The molecule has 0 atom stereocenters. The first kappa shape index (κ1) is 20.7. The van der Waals surface area contributed by atoms with Gasteiger partial charge in [0.25, 0.3) is 0 Å². The molecule has 2 N–H and O–H groups in total. The van der Waals surface area contributed by atoms with Gasteiger partial charge in [-0.05, 0) is 42.1 Å². The van der Waals surface area contributed by atoms with E-state index in [1.165, 1.54) is 0 Å². The molecule has 22 heavy (non-hydrogen) atoms. The molecule has 0 aliphatic heterocycles. The topological polar surface area (TPSA) is 74.6 Å². The smallest absolute Gasteiger partial charge is 0.343 e. The zero-order valence-corrected chi connectivity index (χ0v) is 14.9. The molecule has 0 aromatic heterocycles. The van der Waals surface area contributed by atoms with Gasteiger partial charge in [-0.25, -0.2) is 9.59 Å². The van der Waals surface area contributed by atoms with Gasteiger partial charge in [0.05, 0.1) is 0 Å². The normalized spacial score (nSPS) is 11.8. The third kappa shape index (κ3) is 4.85. The number of allylic oxidation sites excluding steroid dienone is 1. The highest BCUT2D eigenvalue weighted by atomic mass is 16.4. The molecule has 0 saturated heterocycles. The van der Waals surface area contributed by atoms with Crippen molar-refractivity contribution in [3.05, 3.63) is 11.1 Å². The van der Waals surface area contributed by atoms with Crippen LogP contribution in [0.4, 0.5) is 0 Å². The van der Waals surface area contributed by atoms with Gasteiger partial charge in [0, 0.05) is 0 Å². The summed E-state index contributed by atoms with van der Waals surface area (Å²) in [5.74, 6) is -2.22. The van der Waals surface area contributed by atoms with Crippen molar-refractivity contribution in [3.63, 3.8) is 0 Å². The molecular formula is C18H32O4. The van der Waals surface area contributed by atoms with Crippen molar-refractivity contribution in [3.8, 4) is 0 Å². The van der Waals surface area contributed by atoms with Crippen LogP contribution in [0.5, 0.6) is 0 Å². The number of hydrogen-bond donors (Lipinski definition) is 2. The molecule has 0 unspecified atom stereocenters. The highest BCUT2D eigenvalue weighted by Crippen LogP contribution is 2.48. The second kappa shape index (κ2) is 8.96. The predicted molar refractivity (Wildman–Crippen MR) is 88.8 cm³/mol. The summed E-state index contributed by atoms with van der Waals surface area (Å²) in [7, 11) is 0. The van der Waals surface area contributed by atoms with Gasteiger partial charge < -0.3 is 10.2 Å². The van der Waals surface area contributed by atoms with Gasteiger partial charge in [0.1, 0.15) is 5.57 Å². The van der Waals surface area contributed by atoms with Gasteiger partial charge in [0.15, 0.2) is 0 Å². The lowest BCUT2D eigenvalue weighted by Crippen LogP contribution is -2.34. The largest absolute Gasteiger partial charge is 0.477 e. The van der Waals surface area contributed by atoms with Crippen LogP contribution in [0.15, 0.2) is 11.1 Å². The number of hydrogen-bond acceptors (Lipinski definition) is 2. The molecule has 0 aromatic rings.